The molecule has 0 heterocycles. The summed E-state index contributed by atoms with van der Waals surface area (Å²) in [4.78, 5) is 23.5. The van der Waals surface area contributed by atoms with Crippen LogP contribution in [-0.2, 0) is 0 Å². The molecular weight excluding hydrogens is 232 g/mol. The van der Waals surface area contributed by atoms with Crippen molar-refractivity contribution in [1.29, 1.82) is 0 Å². The van der Waals surface area contributed by atoms with Gasteiger partial charge in [0.25, 0.3) is 0 Å². The van der Waals surface area contributed by atoms with Gasteiger partial charge in [-0.25, -0.2) is 0 Å². The first kappa shape index (κ1) is 14.4. The molecule has 1 rings (SSSR count). The molecule has 4 nitrogen and oxygen atoms in total. The number of ketones is 2. The molecule has 4 heteroatoms. The summed E-state index contributed by atoms with van der Waals surface area (Å²) in [5, 5.41) is 10.0. The second-order valence-electron chi connectivity index (χ2n) is 4.43. The Morgan fingerprint density at radius 1 is 1.39 bits per heavy atom. The molecule has 0 aliphatic rings. The quantitative estimate of drug-likeness (QED) is 0.814. The molecule has 0 spiro atoms. The summed E-state index contributed by atoms with van der Waals surface area (Å²) in [6.07, 6.45) is 0.291. The minimum atomic E-state index is -1.46. The fraction of sp³-hybridized carbons (Fsp3) is 0.429. The van der Waals surface area contributed by atoms with Crippen LogP contribution in [0.3, 0.4) is 0 Å². The lowest BCUT2D eigenvalue weighted by Crippen LogP contribution is -2.34. The molecular formula is C14H18O4. The summed E-state index contributed by atoms with van der Waals surface area (Å²) in [7, 11) is 1.44. The first-order valence-corrected chi connectivity index (χ1v) is 5.79. The van der Waals surface area contributed by atoms with E-state index in [1.165, 1.54) is 27.0 Å². The van der Waals surface area contributed by atoms with E-state index in [4.69, 9.17) is 4.74 Å². The van der Waals surface area contributed by atoms with Crippen LogP contribution in [-0.4, -0.2) is 29.4 Å². The van der Waals surface area contributed by atoms with E-state index in [2.05, 4.69) is 0 Å². The predicted molar refractivity (Wildman–Crippen MR) is 68.2 cm³/mol. The van der Waals surface area contributed by atoms with Crippen molar-refractivity contribution in [2.45, 2.75) is 32.8 Å². The zero-order valence-corrected chi connectivity index (χ0v) is 11.1. The number of benzene rings is 1. The largest absolute Gasteiger partial charge is 0.496 e. The van der Waals surface area contributed by atoms with E-state index >= 15 is 0 Å². The van der Waals surface area contributed by atoms with Gasteiger partial charge in [-0.15, -0.1) is 0 Å². The van der Waals surface area contributed by atoms with E-state index in [0.717, 1.165) is 0 Å². The molecule has 1 atom stereocenters. The molecule has 0 saturated carbocycles. The highest BCUT2D eigenvalue weighted by Gasteiger charge is 2.31. The third-order valence-corrected chi connectivity index (χ3v) is 3.03. The second kappa shape index (κ2) is 5.31. The number of rotatable bonds is 5. The van der Waals surface area contributed by atoms with E-state index < -0.39 is 11.4 Å². The van der Waals surface area contributed by atoms with Crippen molar-refractivity contribution >= 4 is 11.6 Å². The topological polar surface area (TPSA) is 63.6 Å². The van der Waals surface area contributed by atoms with Gasteiger partial charge in [-0.2, -0.15) is 0 Å². The number of carbonyl (C=O) groups excluding carboxylic acids is 2. The van der Waals surface area contributed by atoms with Crippen LogP contribution in [0.1, 0.15) is 47.9 Å². The molecule has 0 radical (unpaired) electrons. The number of hydrogen-bond acceptors (Lipinski definition) is 4. The van der Waals surface area contributed by atoms with Crippen molar-refractivity contribution in [1.82, 2.24) is 0 Å². The zero-order valence-electron chi connectivity index (χ0n) is 11.1. The van der Waals surface area contributed by atoms with Crippen LogP contribution in [0.15, 0.2) is 18.2 Å². The molecule has 0 aliphatic carbocycles. The average molecular weight is 250 g/mol. The smallest absolute Gasteiger partial charge is 0.197 e. The molecule has 0 aliphatic heterocycles. The number of Topliss-reactive ketones (excluding diaryl/α,β-unsaturated/α-hetero) is 2. The summed E-state index contributed by atoms with van der Waals surface area (Å²) < 4.78 is 5.10. The molecule has 98 valence electrons. The highest BCUT2D eigenvalue weighted by Crippen LogP contribution is 2.26. The van der Waals surface area contributed by atoms with Crippen LogP contribution in [0.5, 0.6) is 5.75 Å². The molecule has 1 aromatic carbocycles. The van der Waals surface area contributed by atoms with Crippen LogP contribution in [0.4, 0.5) is 0 Å². The Balaban J connectivity index is 3.32. The van der Waals surface area contributed by atoms with E-state index in [0.29, 0.717) is 17.7 Å². The highest BCUT2D eigenvalue weighted by atomic mass is 16.5. The van der Waals surface area contributed by atoms with Crippen LogP contribution >= 0.6 is 0 Å². The summed E-state index contributed by atoms with van der Waals surface area (Å²) >= 11 is 0. The van der Waals surface area contributed by atoms with E-state index in [1.54, 1.807) is 19.1 Å². The Kier molecular flexibility index (Phi) is 4.24. The minimum absolute atomic E-state index is 0.136. The maximum Gasteiger partial charge on any atom is 0.197 e. The number of methoxy groups -OCH3 is 1. The predicted octanol–water partition coefficient (Wildman–Crippen LogP) is 2.24. The van der Waals surface area contributed by atoms with Crippen molar-refractivity contribution < 1.29 is 19.4 Å². The van der Waals surface area contributed by atoms with Crippen molar-refractivity contribution in [3.63, 3.8) is 0 Å². The fourth-order valence-corrected chi connectivity index (χ4v) is 1.56. The van der Waals surface area contributed by atoms with Crippen LogP contribution in [0.25, 0.3) is 0 Å². The molecule has 0 bridgehead atoms. The van der Waals surface area contributed by atoms with Crippen molar-refractivity contribution in [2.24, 2.45) is 0 Å². The number of aliphatic hydroxyl groups is 1. The summed E-state index contributed by atoms with van der Waals surface area (Å²) in [5.74, 6) is -0.216. The molecule has 0 saturated heterocycles. The van der Waals surface area contributed by atoms with E-state index in [9.17, 15) is 14.7 Å². The number of carbonyl (C=O) groups is 2. The van der Waals surface area contributed by atoms with Gasteiger partial charge >= 0.3 is 0 Å². The first-order valence-electron chi connectivity index (χ1n) is 5.79. The standard InChI is InChI=1S/C14H18O4/c1-5-14(3,17)13(16)11-8-10(9(2)15)6-7-12(11)18-4/h6-8,17H,5H2,1-4H3. The SMILES string of the molecule is CCC(C)(O)C(=O)c1cc(C(C)=O)ccc1OC. The Labute approximate surface area is 107 Å². The molecule has 1 unspecified atom stereocenters. The Bertz CT molecular complexity index is 475. The molecule has 0 amide bonds. The van der Waals surface area contributed by atoms with Gasteiger partial charge < -0.3 is 9.84 Å². The lowest BCUT2D eigenvalue weighted by atomic mass is 9.90. The van der Waals surface area contributed by atoms with Gasteiger partial charge in [-0.1, -0.05) is 6.92 Å². The van der Waals surface area contributed by atoms with Gasteiger partial charge in [0.1, 0.15) is 11.4 Å². The van der Waals surface area contributed by atoms with Gasteiger partial charge in [0, 0.05) is 5.56 Å². The van der Waals surface area contributed by atoms with Crippen molar-refractivity contribution in [2.75, 3.05) is 7.11 Å². The normalized spacial score (nSPS) is 13.8. The Hall–Kier alpha value is -1.68. The van der Waals surface area contributed by atoms with E-state index in [-0.39, 0.29) is 11.3 Å². The van der Waals surface area contributed by atoms with Crippen molar-refractivity contribution in [3.05, 3.63) is 29.3 Å². The molecule has 1 N–H and O–H groups in total. The van der Waals surface area contributed by atoms with Crippen LogP contribution < -0.4 is 4.74 Å². The van der Waals surface area contributed by atoms with Gasteiger partial charge in [-0.05, 0) is 38.5 Å². The van der Waals surface area contributed by atoms with Crippen LogP contribution in [0.2, 0.25) is 0 Å². The zero-order chi connectivity index (χ0) is 13.9. The van der Waals surface area contributed by atoms with Gasteiger partial charge in [-0.3, -0.25) is 9.59 Å². The van der Waals surface area contributed by atoms with Gasteiger partial charge in [0.2, 0.25) is 0 Å². The summed E-state index contributed by atoms with van der Waals surface area (Å²) in [5.41, 5.74) is -0.800. The highest BCUT2D eigenvalue weighted by molar-refractivity contribution is 6.06. The van der Waals surface area contributed by atoms with Crippen LogP contribution in [0, 0.1) is 0 Å². The van der Waals surface area contributed by atoms with Gasteiger partial charge in [0.15, 0.2) is 11.6 Å². The molecule has 1 aromatic rings. The average Bonchev–Trinajstić information content (AvgIpc) is 2.36. The summed E-state index contributed by atoms with van der Waals surface area (Å²) in [6.45, 7) is 4.60. The molecule has 0 fully saturated rings. The third-order valence-electron chi connectivity index (χ3n) is 3.03. The minimum Gasteiger partial charge on any atom is -0.496 e. The Morgan fingerprint density at radius 2 is 2.00 bits per heavy atom. The Morgan fingerprint density at radius 3 is 2.44 bits per heavy atom. The van der Waals surface area contributed by atoms with Gasteiger partial charge in [0.05, 0.1) is 12.7 Å². The monoisotopic (exact) mass is 250 g/mol. The molecule has 18 heavy (non-hydrogen) atoms. The third kappa shape index (κ3) is 2.76. The fourth-order valence-electron chi connectivity index (χ4n) is 1.56. The lowest BCUT2D eigenvalue weighted by molar-refractivity contribution is 0.0387. The number of hydrogen-bond donors (Lipinski definition) is 1. The lowest BCUT2D eigenvalue weighted by Gasteiger charge is -2.21. The maximum absolute atomic E-state index is 12.2. The summed E-state index contributed by atoms with van der Waals surface area (Å²) in [6, 6.07) is 4.63. The maximum atomic E-state index is 12.2. The van der Waals surface area contributed by atoms with E-state index in [1.807, 2.05) is 0 Å². The van der Waals surface area contributed by atoms with Crippen molar-refractivity contribution in [3.8, 4) is 5.75 Å². The first-order chi connectivity index (χ1) is 8.33. The second-order valence-corrected chi connectivity index (χ2v) is 4.43. The number of ether oxygens (including phenoxy) is 1. The molecule has 0 aromatic heterocycles.